The van der Waals surface area contributed by atoms with Crippen LogP contribution in [-0.2, 0) is 14.3 Å². The molecule has 1 heterocycles. The molecule has 1 N–H and O–H groups in total. The van der Waals surface area contributed by atoms with Crippen LogP contribution in [0, 0.1) is 0 Å². The van der Waals surface area contributed by atoms with Crippen molar-refractivity contribution >= 4 is 11.7 Å². The summed E-state index contributed by atoms with van der Waals surface area (Å²) in [6.07, 6.45) is 13.5. The summed E-state index contributed by atoms with van der Waals surface area (Å²) in [7, 11) is 0. The molecule has 1 aliphatic heterocycles. The third-order valence-corrected chi connectivity index (χ3v) is 4.21. The highest BCUT2D eigenvalue weighted by Crippen LogP contribution is 2.17. The zero-order valence-electron chi connectivity index (χ0n) is 15.5. The van der Waals surface area contributed by atoms with Crippen LogP contribution >= 0.6 is 0 Å². The van der Waals surface area contributed by atoms with Gasteiger partial charge in [-0.25, -0.2) is 0 Å². The maximum absolute atomic E-state index is 12.0. The molecule has 0 aromatic rings. The highest BCUT2D eigenvalue weighted by molar-refractivity contribution is 6.00. The largest absolute Gasteiger partial charge is 0.465 e. The van der Waals surface area contributed by atoms with Crippen LogP contribution in [0.3, 0.4) is 0 Å². The number of rotatable bonds is 12. The van der Waals surface area contributed by atoms with E-state index in [0.717, 1.165) is 37.7 Å². The Morgan fingerprint density at radius 1 is 1.08 bits per heavy atom. The molecule has 136 valence electrons. The molecule has 0 spiro atoms. The summed E-state index contributed by atoms with van der Waals surface area (Å²) in [5, 5.41) is 2.65. The first-order valence-electron chi connectivity index (χ1n) is 9.47. The molecule has 0 aromatic heterocycles. The van der Waals surface area contributed by atoms with Gasteiger partial charge < -0.3 is 4.74 Å². The number of nitrogens with one attached hydrogen (secondary N) is 1. The molecule has 4 nitrogen and oxygen atoms in total. The summed E-state index contributed by atoms with van der Waals surface area (Å²) in [6, 6.07) is 0. The van der Waals surface area contributed by atoms with Crippen LogP contribution in [0.1, 0.15) is 85.0 Å². The van der Waals surface area contributed by atoms with Crippen LogP contribution in [0.4, 0.5) is 0 Å². The van der Waals surface area contributed by atoms with Crippen LogP contribution in [0.15, 0.2) is 23.6 Å². The molecule has 1 saturated heterocycles. The van der Waals surface area contributed by atoms with Crippen molar-refractivity contribution in [2.24, 2.45) is 0 Å². The molecule has 0 bridgehead atoms. The lowest BCUT2D eigenvalue weighted by molar-refractivity contribution is -0.123. The average Bonchev–Trinajstić information content (AvgIpc) is 2.86. The number of allylic oxidation sites excluding steroid dienone is 3. The lowest BCUT2D eigenvalue weighted by atomic mass is 10.1. The number of hydrogen-bond donors (Lipinski definition) is 1. The normalized spacial score (nSPS) is 19.5. The van der Waals surface area contributed by atoms with Crippen LogP contribution in [0.5, 0.6) is 0 Å². The molecule has 0 aliphatic carbocycles. The van der Waals surface area contributed by atoms with E-state index >= 15 is 0 Å². The van der Waals surface area contributed by atoms with Gasteiger partial charge in [-0.1, -0.05) is 57.9 Å². The summed E-state index contributed by atoms with van der Waals surface area (Å²) in [5.74, 6) is 0.0332. The number of carbonyl (C=O) groups excluding carboxylic acids is 2. The third-order valence-electron chi connectivity index (χ3n) is 4.21. The fourth-order valence-corrected chi connectivity index (χ4v) is 2.77. The summed E-state index contributed by atoms with van der Waals surface area (Å²) in [5.41, 5.74) is 1.08. The van der Waals surface area contributed by atoms with Gasteiger partial charge in [0, 0.05) is 6.08 Å². The molecule has 1 rings (SSSR count). The van der Waals surface area contributed by atoms with Crippen molar-refractivity contribution in [1.82, 2.24) is 5.32 Å². The van der Waals surface area contributed by atoms with E-state index in [4.69, 9.17) is 4.74 Å². The number of hydrogen-bond acceptors (Lipinski definition) is 3. The zero-order chi connectivity index (χ0) is 17.8. The van der Waals surface area contributed by atoms with E-state index in [9.17, 15) is 9.59 Å². The van der Waals surface area contributed by atoms with Gasteiger partial charge in [0.2, 0.25) is 0 Å². The van der Waals surface area contributed by atoms with Crippen molar-refractivity contribution in [2.45, 2.75) is 91.1 Å². The van der Waals surface area contributed by atoms with E-state index in [1.165, 1.54) is 31.8 Å². The highest BCUT2D eigenvalue weighted by Gasteiger charge is 2.29. The van der Waals surface area contributed by atoms with Crippen molar-refractivity contribution in [3.8, 4) is 0 Å². The third kappa shape index (κ3) is 8.32. The molecule has 1 aliphatic rings. The molecular weight excluding hydrogens is 302 g/mol. The van der Waals surface area contributed by atoms with Crippen molar-refractivity contribution in [3.63, 3.8) is 0 Å². The number of amides is 1. The van der Waals surface area contributed by atoms with Gasteiger partial charge in [0.1, 0.15) is 0 Å². The van der Waals surface area contributed by atoms with Crippen LogP contribution < -0.4 is 5.32 Å². The van der Waals surface area contributed by atoms with Crippen LogP contribution in [0.25, 0.3) is 0 Å². The fourth-order valence-electron chi connectivity index (χ4n) is 2.77. The van der Waals surface area contributed by atoms with Crippen molar-refractivity contribution in [2.75, 3.05) is 0 Å². The Morgan fingerprint density at radius 2 is 1.75 bits per heavy atom. The Morgan fingerprint density at radius 3 is 2.46 bits per heavy atom. The number of ketones is 1. The quantitative estimate of drug-likeness (QED) is 0.412. The molecule has 1 atom stereocenters. The molecular formula is C20H33NO3. The van der Waals surface area contributed by atoms with Gasteiger partial charge in [-0.3, -0.25) is 14.9 Å². The predicted octanol–water partition coefficient (Wildman–Crippen LogP) is 4.80. The van der Waals surface area contributed by atoms with E-state index in [0.29, 0.717) is 12.3 Å². The maximum atomic E-state index is 12.0. The Balaban J connectivity index is 2.38. The molecule has 4 heteroatoms. The second kappa shape index (κ2) is 11.9. The monoisotopic (exact) mass is 335 g/mol. The zero-order valence-corrected chi connectivity index (χ0v) is 15.5. The number of ether oxygens (including phenoxy) is 1. The minimum atomic E-state index is -0.445. The topological polar surface area (TPSA) is 55.4 Å². The fraction of sp³-hybridized carbons (Fsp3) is 0.700. The van der Waals surface area contributed by atoms with Crippen molar-refractivity contribution in [3.05, 3.63) is 23.6 Å². The Bertz CT molecular complexity index is 466. The maximum Gasteiger partial charge on any atom is 0.267 e. The summed E-state index contributed by atoms with van der Waals surface area (Å²) in [4.78, 5) is 23.8. The smallest absolute Gasteiger partial charge is 0.267 e. The van der Waals surface area contributed by atoms with Gasteiger partial charge in [-0.2, -0.15) is 0 Å². The summed E-state index contributed by atoms with van der Waals surface area (Å²) in [6.45, 7) is 6.31. The number of unbranched alkanes of at least 4 members (excludes halogenated alkanes) is 6. The lowest BCUT2D eigenvalue weighted by Crippen LogP contribution is -2.22. The molecule has 24 heavy (non-hydrogen) atoms. The van der Waals surface area contributed by atoms with Gasteiger partial charge in [0.05, 0.1) is 0 Å². The Labute approximate surface area is 146 Å². The molecule has 1 fully saturated rings. The van der Waals surface area contributed by atoms with E-state index in [-0.39, 0.29) is 11.7 Å². The molecule has 0 radical (unpaired) electrons. The first kappa shape index (κ1) is 20.5. The van der Waals surface area contributed by atoms with Crippen molar-refractivity contribution < 1.29 is 14.3 Å². The van der Waals surface area contributed by atoms with E-state index in [1.807, 2.05) is 6.92 Å². The standard InChI is InChI=1S/C20H33NO3/c1-4-6-8-9-11-12-16(3)14-17(22)15-19-21-20(23)18(24-19)13-10-7-5-2/h14-15,18H,4-13H2,1-3H3,(H,21,23)/b16-14+,19-15+/t18-/m1/s1. The molecule has 0 aromatic carbocycles. The molecule has 0 unspecified atom stereocenters. The highest BCUT2D eigenvalue weighted by atomic mass is 16.5. The number of carbonyl (C=O) groups is 2. The Kier molecular flexibility index (Phi) is 10.1. The van der Waals surface area contributed by atoms with Crippen molar-refractivity contribution in [1.29, 1.82) is 0 Å². The first-order valence-corrected chi connectivity index (χ1v) is 9.47. The van der Waals surface area contributed by atoms with Gasteiger partial charge in [0.25, 0.3) is 5.91 Å². The predicted molar refractivity (Wildman–Crippen MR) is 97.4 cm³/mol. The molecule has 0 saturated carbocycles. The van der Waals surface area contributed by atoms with Gasteiger partial charge >= 0.3 is 0 Å². The first-order chi connectivity index (χ1) is 11.6. The van der Waals surface area contributed by atoms with E-state index in [2.05, 4.69) is 19.2 Å². The SMILES string of the molecule is CCCCCCC/C(C)=C/C(=O)/C=C1\NC(=O)[C@@H](CCCCC)O1. The minimum absolute atomic E-state index is 0.120. The van der Waals surface area contributed by atoms with Gasteiger partial charge in [-0.15, -0.1) is 0 Å². The van der Waals surface area contributed by atoms with E-state index in [1.54, 1.807) is 6.08 Å². The van der Waals surface area contributed by atoms with Crippen LogP contribution in [0.2, 0.25) is 0 Å². The molecule has 1 amide bonds. The summed E-state index contributed by atoms with van der Waals surface area (Å²) >= 11 is 0. The second-order valence-electron chi connectivity index (χ2n) is 6.66. The second-order valence-corrected chi connectivity index (χ2v) is 6.66. The lowest BCUT2D eigenvalue weighted by Gasteiger charge is -2.06. The Hall–Kier alpha value is -1.58. The minimum Gasteiger partial charge on any atom is -0.465 e. The van der Waals surface area contributed by atoms with E-state index < -0.39 is 6.10 Å². The van der Waals surface area contributed by atoms with Crippen LogP contribution in [-0.4, -0.2) is 17.8 Å². The van der Waals surface area contributed by atoms with Gasteiger partial charge in [0.15, 0.2) is 17.8 Å². The van der Waals surface area contributed by atoms with Gasteiger partial charge in [-0.05, 0) is 38.7 Å². The summed E-state index contributed by atoms with van der Waals surface area (Å²) < 4.78 is 5.55. The average molecular weight is 335 g/mol.